The molecule has 2 aromatic rings. The van der Waals surface area contributed by atoms with Gasteiger partial charge >= 0.3 is 0 Å². The first-order valence-corrected chi connectivity index (χ1v) is 8.32. The summed E-state index contributed by atoms with van der Waals surface area (Å²) in [6.07, 6.45) is 4.19. The van der Waals surface area contributed by atoms with Gasteiger partial charge in [-0.3, -0.25) is 4.68 Å². The topological polar surface area (TPSA) is 38.0 Å². The predicted octanol–water partition coefficient (Wildman–Crippen LogP) is 4.59. The zero-order valence-corrected chi connectivity index (χ0v) is 14.5. The molecule has 1 aromatic carbocycles. The van der Waals surface area contributed by atoms with Crippen molar-refractivity contribution >= 4 is 15.9 Å². The molecule has 0 bridgehead atoms. The number of rotatable bonds is 6. The molecule has 0 aliphatic heterocycles. The average molecular weight is 351 g/mol. The lowest BCUT2D eigenvalue weighted by Gasteiger charge is -2.13. The van der Waals surface area contributed by atoms with Crippen LogP contribution in [0.5, 0.6) is 0 Å². The van der Waals surface area contributed by atoms with E-state index in [0.29, 0.717) is 12.5 Å². The Morgan fingerprint density at radius 2 is 1.95 bits per heavy atom. The molecule has 0 aliphatic rings. The fourth-order valence-corrected chi connectivity index (χ4v) is 2.88. The third-order valence-electron chi connectivity index (χ3n) is 3.96. The minimum absolute atomic E-state index is 0.449. The van der Waals surface area contributed by atoms with Crippen molar-refractivity contribution in [1.29, 1.82) is 0 Å². The molecule has 3 nitrogen and oxygen atoms in total. The molecule has 1 unspecified atom stereocenters. The zero-order valence-electron chi connectivity index (χ0n) is 12.9. The maximum Gasteiger partial charge on any atom is 0.0846 e. The molecule has 4 heteroatoms. The fraction of sp³-hybridized carbons (Fsp3) is 0.471. The largest absolute Gasteiger partial charge is 0.388 e. The summed E-state index contributed by atoms with van der Waals surface area (Å²) < 4.78 is 3.05. The van der Waals surface area contributed by atoms with Crippen LogP contribution < -0.4 is 0 Å². The van der Waals surface area contributed by atoms with Gasteiger partial charge in [-0.25, -0.2) is 0 Å². The molecule has 1 N–H and O–H groups in total. The Balaban J connectivity index is 2.08. The summed E-state index contributed by atoms with van der Waals surface area (Å²) in [5.41, 5.74) is 3.03. The van der Waals surface area contributed by atoms with E-state index in [1.165, 1.54) is 5.56 Å². The summed E-state index contributed by atoms with van der Waals surface area (Å²) in [6, 6.07) is 8.43. The van der Waals surface area contributed by atoms with Crippen LogP contribution in [0.15, 0.2) is 34.9 Å². The van der Waals surface area contributed by atoms with Crippen LogP contribution in [0.3, 0.4) is 0 Å². The highest BCUT2D eigenvalue weighted by Gasteiger charge is 2.13. The number of aliphatic hydroxyl groups is 1. The van der Waals surface area contributed by atoms with Crippen molar-refractivity contribution in [3.63, 3.8) is 0 Å². The van der Waals surface area contributed by atoms with Crippen molar-refractivity contribution in [3.05, 3.63) is 51.8 Å². The second-order valence-electron chi connectivity index (χ2n) is 5.49. The molecule has 1 heterocycles. The van der Waals surface area contributed by atoms with Crippen molar-refractivity contribution in [2.45, 2.75) is 52.2 Å². The third kappa shape index (κ3) is 3.95. The van der Waals surface area contributed by atoms with Crippen molar-refractivity contribution in [2.24, 2.45) is 0 Å². The van der Waals surface area contributed by atoms with Crippen molar-refractivity contribution < 1.29 is 5.11 Å². The van der Waals surface area contributed by atoms with E-state index in [4.69, 9.17) is 0 Å². The van der Waals surface area contributed by atoms with E-state index in [2.05, 4.69) is 34.9 Å². The molecule has 2 rings (SSSR count). The summed E-state index contributed by atoms with van der Waals surface area (Å²) in [5, 5.41) is 15.0. The highest BCUT2D eigenvalue weighted by atomic mass is 79.9. The van der Waals surface area contributed by atoms with Gasteiger partial charge in [-0.1, -0.05) is 41.9 Å². The van der Waals surface area contributed by atoms with E-state index in [0.717, 1.165) is 28.6 Å². The smallest absolute Gasteiger partial charge is 0.0846 e. The van der Waals surface area contributed by atoms with Gasteiger partial charge in [0, 0.05) is 17.1 Å². The second-order valence-corrected chi connectivity index (χ2v) is 6.34. The van der Waals surface area contributed by atoms with Crippen LogP contribution in [-0.4, -0.2) is 14.9 Å². The van der Waals surface area contributed by atoms with Crippen LogP contribution in [0.2, 0.25) is 0 Å². The fourth-order valence-electron chi connectivity index (χ4n) is 2.48. The first kappa shape index (κ1) is 16.2. The molecular formula is C17H23BrN2O. The van der Waals surface area contributed by atoms with Gasteiger partial charge in [0.15, 0.2) is 0 Å². The van der Waals surface area contributed by atoms with Crippen LogP contribution in [0, 0.1) is 6.92 Å². The van der Waals surface area contributed by atoms with Gasteiger partial charge < -0.3 is 5.11 Å². The number of aromatic nitrogens is 2. The maximum atomic E-state index is 10.4. The Morgan fingerprint density at radius 3 is 2.57 bits per heavy atom. The van der Waals surface area contributed by atoms with Gasteiger partial charge in [0.1, 0.15) is 0 Å². The molecule has 0 aliphatic carbocycles. The van der Waals surface area contributed by atoms with Crippen LogP contribution in [0.4, 0.5) is 0 Å². The molecule has 0 fully saturated rings. The average Bonchev–Trinajstić information content (AvgIpc) is 2.91. The minimum Gasteiger partial charge on any atom is -0.388 e. The monoisotopic (exact) mass is 350 g/mol. The molecule has 0 saturated carbocycles. The molecule has 1 atom stereocenters. The van der Waals surface area contributed by atoms with Gasteiger partial charge in [-0.2, -0.15) is 5.10 Å². The van der Waals surface area contributed by atoms with E-state index in [9.17, 15) is 5.11 Å². The summed E-state index contributed by atoms with van der Waals surface area (Å²) in [4.78, 5) is 0. The van der Waals surface area contributed by atoms with Gasteiger partial charge in [-0.05, 0) is 43.0 Å². The maximum absolute atomic E-state index is 10.4. The number of aryl methyl sites for hydroxylation is 1. The quantitative estimate of drug-likeness (QED) is 0.827. The number of benzene rings is 1. The number of aliphatic hydroxyl groups excluding tert-OH is 1. The molecule has 0 spiro atoms. The molecular weight excluding hydrogens is 328 g/mol. The first-order chi connectivity index (χ1) is 10.0. The normalized spacial score (nSPS) is 12.9. The molecule has 114 valence electrons. The zero-order chi connectivity index (χ0) is 15.4. The summed E-state index contributed by atoms with van der Waals surface area (Å²) in [7, 11) is 0. The third-order valence-corrected chi connectivity index (χ3v) is 4.82. The Labute approximate surface area is 135 Å². The van der Waals surface area contributed by atoms with E-state index in [1.54, 1.807) is 0 Å². The highest BCUT2D eigenvalue weighted by molar-refractivity contribution is 9.10. The second kappa shape index (κ2) is 7.23. The van der Waals surface area contributed by atoms with Gasteiger partial charge in [0.25, 0.3) is 0 Å². The van der Waals surface area contributed by atoms with Crippen molar-refractivity contribution in [1.82, 2.24) is 9.78 Å². The van der Waals surface area contributed by atoms with E-state index in [1.807, 2.05) is 42.1 Å². The van der Waals surface area contributed by atoms with E-state index >= 15 is 0 Å². The number of hydrogen-bond donors (Lipinski definition) is 1. The lowest BCUT2D eigenvalue weighted by atomic mass is 10.0. The molecule has 21 heavy (non-hydrogen) atoms. The summed E-state index contributed by atoms with van der Waals surface area (Å²) in [5.74, 6) is 0. The van der Waals surface area contributed by atoms with Crippen LogP contribution in [0.1, 0.15) is 55.7 Å². The number of halogens is 1. The van der Waals surface area contributed by atoms with Gasteiger partial charge in [-0.15, -0.1) is 0 Å². The summed E-state index contributed by atoms with van der Waals surface area (Å²) >= 11 is 3.51. The first-order valence-electron chi connectivity index (χ1n) is 7.53. The Morgan fingerprint density at radius 1 is 1.24 bits per heavy atom. The lowest BCUT2D eigenvalue weighted by molar-refractivity contribution is 0.176. The predicted molar refractivity (Wildman–Crippen MR) is 89.4 cm³/mol. The van der Waals surface area contributed by atoms with Gasteiger partial charge in [0.2, 0.25) is 0 Å². The minimum atomic E-state index is -0.521. The van der Waals surface area contributed by atoms with Gasteiger partial charge in [0.05, 0.1) is 17.8 Å². The lowest BCUT2D eigenvalue weighted by Crippen LogP contribution is -2.09. The Bertz CT molecular complexity index is 590. The Hall–Kier alpha value is -1.13. The molecule has 1 aromatic heterocycles. The van der Waals surface area contributed by atoms with E-state index in [-0.39, 0.29) is 0 Å². The van der Waals surface area contributed by atoms with Crippen LogP contribution >= 0.6 is 15.9 Å². The van der Waals surface area contributed by atoms with Crippen LogP contribution in [0.25, 0.3) is 0 Å². The summed E-state index contributed by atoms with van der Waals surface area (Å²) in [6.45, 7) is 6.39. The number of hydrogen-bond acceptors (Lipinski definition) is 2. The highest BCUT2D eigenvalue weighted by Crippen LogP contribution is 2.24. The molecule has 0 saturated heterocycles. The SMILES string of the molecule is CCC(CC)n1ccc(CC(O)c2ccc(C)c(Br)c2)n1. The van der Waals surface area contributed by atoms with E-state index < -0.39 is 6.10 Å². The Kier molecular flexibility index (Phi) is 5.59. The number of nitrogens with zero attached hydrogens (tertiary/aromatic N) is 2. The molecule has 0 radical (unpaired) electrons. The molecule has 0 amide bonds. The van der Waals surface area contributed by atoms with Crippen molar-refractivity contribution in [2.75, 3.05) is 0 Å². The van der Waals surface area contributed by atoms with Crippen molar-refractivity contribution in [3.8, 4) is 0 Å². The standard InChI is InChI=1S/C17H23BrN2O/c1-4-15(5-2)20-9-8-14(19-20)11-17(21)13-7-6-12(3)16(18)10-13/h6-10,15,17,21H,4-5,11H2,1-3H3. The van der Waals surface area contributed by atoms with Crippen LogP contribution in [-0.2, 0) is 6.42 Å².